The number of Topliss-reactive ketones (excluding diaryl/α,β-unsaturated/α-hetero) is 1. The molecule has 0 fully saturated rings. The molecule has 0 saturated heterocycles. The number of carbonyl (C=O) groups excluding carboxylic acids is 1. The van der Waals surface area contributed by atoms with Gasteiger partial charge in [0.1, 0.15) is 22.8 Å². The number of aliphatic imine (C=N–C) groups is 1. The number of fused-ring (bicyclic) bond motifs is 4. The van der Waals surface area contributed by atoms with Gasteiger partial charge in [0, 0.05) is 34.0 Å². The summed E-state index contributed by atoms with van der Waals surface area (Å²) in [5, 5.41) is 6.70. The zero-order chi connectivity index (χ0) is 21.5. The van der Waals surface area contributed by atoms with E-state index in [2.05, 4.69) is 56.0 Å². The number of hydrogen-bond acceptors (Lipinski definition) is 7. The molecule has 0 radical (unpaired) electrons. The number of ketones is 1. The summed E-state index contributed by atoms with van der Waals surface area (Å²) in [4.78, 5) is 29.9. The van der Waals surface area contributed by atoms with Crippen LogP contribution in [0, 0.1) is 5.92 Å². The lowest BCUT2D eigenvalue weighted by molar-refractivity contribution is -0.123. The Bertz CT molecular complexity index is 1340. The van der Waals surface area contributed by atoms with Crippen LogP contribution in [-0.2, 0) is 30.6 Å². The van der Waals surface area contributed by atoms with E-state index in [4.69, 9.17) is 0 Å². The van der Waals surface area contributed by atoms with Gasteiger partial charge in [-0.2, -0.15) is 0 Å². The van der Waals surface area contributed by atoms with Crippen molar-refractivity contribution < 1.29 is 4.79 Å². The van der Waals surface area contributed by atoms with Crippen LogP contribution in [0.2, 0.25) is 0 Å². The zero-order valence-electron chi connectivity index (χ0n) is 17.5. The van der Waals surface area contributed by atoms with Gasteiger partial charge in [-0.05, 0) is 66.0 Å². The van der Waals surface area contributed by atoms with Gasteiger partial charge in [0.15, 0.2) is 0 Å². The fourth-order valence-electron chi connectivity index (χ4n) is 4.70. The van der Waals surface area contributed by atoms with Crippen LogP contribution in [-0.4, -0.2) is 22.0 Å². The fraction of sp³-hybridized carbons (Fsp3) is 0.280. The monoisotopic (exact) mass is 458 g/mol. The molecule has 1 aliphatic heterocycles. The third-order valence-corrected chi connectivity index (χ3v) is 8.50. The number of nitrogens with one attached hydrogen (secondary N) is 1. The van der Waals surface area contributed by atoms with E-state index in [0.29, 0.717) is 12.2 Å². The summed E-state index contributed by atoms with van der Waals surface area (Å²) in [7, 11) is 0. The van der Waals surface area contributed by atoms with E-state index in [1.807, 2.05) is 6.21 Å². The standard InChI is InChI=1S/C25H22N4OS2/c30-21(8-6-19-2-1-9-31-19)15-4-7-20-22(11-15)32-25-23(20)24(27-14-28-25)29-18-5-3-16-12-26-13-17(16)10-18/h1-3,5,9-10,13-15H,4,6-8,11-12H2,(H,27,28,29). The van der Waals surface area contributed by atoms with Crippen LogP contribution in [0.1, 0.15) is 39.3 Å². The highest BCUT2D eigenvalue weighted by molar-refractivity contribution is 7.19. The lowest BCUT2D eigenvalue weighted by Crippen LogP contribution is -2.22. The van der Waals surface area contributed by atoms with Crippen molar-refractivity contribution in [2.45, 2.75) is 38.6 Å². The minimum absolute atomic E-state index is 0.121. The van der Waals surface area contributed by atoms with Crippen LogP contribution in [0.25, 0.3) is 10.2 Å². The molecule has 0 saturated carbocycles. The Kier molecular flexibility index (Phi) is 5.08. The maximum Gasteiger partial charge on any atom is 0.142 e. The van der Waals surface area contributed by atoms with Gasteiger partial charge in [0.25, 0.3) is 0 Å². The van der Waals surface area contributed by atoms with Crippen molar-refractivity contribution in [3.8, 4) is 0 Å². The lowest BCUT2D eigenvalue weighted by atomic mass is 9.84. The van der Waals surface area contributed by atoms with Gasteiger partial charge in [-0.1, -0.05) is 12.1 Å². The minimum atomic E-state index is 0.121. The van der Waals surface area contributed by atoms with Crippen molar-refractivity contribution in [3.05, 3.63) is 68.5 Å². The van der Waals surface area contributed by atoms with Crippen molar-refractivity contribution in [1.29, 1.82) is 0 Å². The van der Waals surface area contributed by atoms with Crippen LogP contribution < -0.4 is 5.32 Å². The summed E-state index contributed by atoms with van der Waals surface area (Å²) in [5.74, 6) is 1.37. The molecule has 1 aromatic carbocycles. The molecule has 1 unspecified atom stereocenters. The van der Waals surface area contributed by atoms with Crippen molar-refractivity contribution in [2.24, 2.45) is 10.9 Å². The number of aromatic nitrogens is 2. The largest absolute Gasteiger partial charge is 0.340 e. The molecule has 1 N–H and O–H groups in total. The smallest absolute Gasteiger partial charge is 0.142 e. The van der Waals surface area contributed by atoms with Gasteiger partial charge in [0.05, 0.1) is 11.9 Å². The van der Waals surface area contributed by atoms with Crippen LogP contribution in [0.4, 0.5) is 11.5 Å². The Balaban J connectivity index is 1.24. The molecule has 0 spiro atoms. The quantitative estimate of drug-likeness (QED) is 0.400. The SMILES string of the molecule is O=C(CCc1cccs1)C1CCc2c(sc3ncnc(Nc4ccc5c(c4)C=NC5)c23)C1. The Morgan fingerprint density at radius 2 is 2.19 bits per heavy atom. The summed E-state index contributed by atoms with van der Waals surface area (Å²) in [6, 6.07) is 10.5. The number of rotatable bonds is 6. The first-order chi connectivity index (χ1) is 15.7. The number of anilines is 2. The maximum absolute atomic E-state index is 12.9. The molecule has 32 heavy (non-hydrogen) atoms. The number of nitrogens with zero attached hydrogens (tertiary/aromatic N) is 3. The Labute approximate surface area is 194 Å². The second kappa shape index (κ2) is 8.22. The molecular weight excluding hydrogens is 436 g/mol. The Morgan fingerprint density at radius 3 is 3.09 bits per heavy atom. The predicted octanol–water partition coefficient (Wildman–Crippen LogP) is 5.74. The molecule has 1 aliphatic carbocycles. The third-order valence-electron chi connectivity index (χ3n) is 6.40. The van der Waals surface area contributed by atoms with Crippen LogP contribution in [0.5, 0.6) is 0 Å². The highest BCUT2D eigenvalue weighted by atomic mass is 32.1. The number of aryl methyl sites for hydroxylation is 2. The van der Waals surface area contributed by atoms with E-state index in [1.54, 1.807) is 29.0 Å². The summed E-state index contributed by atoms with van der Waals surface area (Å²) < 4.78 is 0. The molecular formula is C25H22N4OS2. The van der Waals surface area contributed by atoms with Gasteiger partial charge in [0.2, 0.25) is 0 Å². The highest BCUT2D eigenvalue weighted by Crippen LogP contribution is 2.41. The number of thiophene rings is 2. The summed E-state index contributed by atoms with van der Waals surface area (Å²) in [6.07, 6.45) is 7.70. The highest BCUT2D eigenvalue weighted by Gasteiger charge is 2.29. The minimum Gasteiger partial charge on any atom is -0.340 e. The van der Waals surface area contributed by atoms with E-state index < -0.39 is 0 Å². The summed E-state index contributed by atoms with van der Waals surface area (Å²) >= 11 is 3.45. The Morgan fingerprint density at radius 1 is 1.22 bits per heavy atom. The third kappa shape index (κ3) is 3.65. The van der Waals surface area contributed by atoms with E-state index in [1.165, 1.54) is 20.9 Å². The van der Waals surface area contributed by atoms with Gasteiger partial charge >= 0.3 is 0 Å². The molecule has 0 amide bonds. The summed E-state index contributed by atoms with van der Waals surface area (Å²) in [5.41, 5.74) is 4.75. The van der Waals surface area contributed by atoms with Crippen molar-refractivity contribution in [3.63, 3.8) is 0 Å². The van der Waals surface area contributed by atoms with Gasteiger partial charge in [-0.3, -0.25) is 9.79 Å². The van der Waals surface area contributed by atoms with Crippen molar-refractivity contribution in [1.82, 2.24) is 9.97 Å². The normalized spacial score (nSPS) is 16.8. The molecule has 160 valence electrons. The summed E-state index contributed by atoms with van der Waals surface area (Å²) in [6.45, 7) is 0.763. The number of hydrogen-bond donors (Lipinski definition) is 1. The van der Waals surface area contributed by atoms with Gasteiger partial charge in [-0.15, -0.1) is 22.7 Å². The topological polar surface area (TPSA) is 67.2 Å². The van der Waals surface area contributed by atoms with Gasteiger partial charge < -0.3 is 5.32 Å². The maximum atomic E-state index is 12.9. The van der Waals surface area contributed by atoms with E-state index >= 15 is 0 Å². The average Bonchev–Trinajstić information content (AvgIpc) is 3.56. The van der Waals surface area contributed by atoms with E-state index in [-0.39, 0.29) is 5.92 Å². The Hall–Kier alpha value is -2.90. The molecule has 1 atom stereocenters. The molecule has 4 aromatic rings. The van der Waals surface area contributed by atoms with Crippen molar-refractivity contribution >= 4 is 56.4 Å². The molecule has 7 heteroatoms. The number of benzene rings is 1. The van der Waals surface area contributed by atoms with Crippen molar-refractivity contribution in [2.75, 3.05) is 5.32 Å². The molecule has 5 nitrogen and oxygen atoms in total. The first kappa shape index (κ1) is 19.8. The van der Waals surface area contributed by atoms with Crippen LogP contribution in [0.15, 0.2) is 47.0 Å². The first-order valence-corrected chi connectivity index (χ1v) is 12.6. The molecule has 3 aromatic heterocycles. The second-order valence-electron chi connectivity index (χ2n) is 8.40. The molecule has 4 heterocycles. The first-order valence-electron chi connectivity index (χ1n) is 10.9. The van der Waals surface area contributed by atoms with E-state index in [9.17, 15) is 4.79 Å². The van der Waals surface area contributed by atoms with Crippen LogP contribution >= 0.6 is 22.7 Å². The number of carbonyl (C=O) groups is 1. The molecule has 6 rings (SSSR count). The average molecular weight is 459 g/mol. The van der Waals surface area contributed by atoms with E-state index in [0.717, 1.165) is 59.5 Å². The second-order valence-corrected chi connectivity index (χ2v) is 10.5. The van der Waals surface area contributed by atoms with Gasteiger partial charge in [-0.25, -0.2) is 9.97 Å². The zero-order valence-corrected chi connectivity index (χ0v) is 19.1. The fourth-order valence-corrected chi connectivity index (χ4v) is 6.68. The lowest BCUT2D eigenvalue weighted by Gasteiger charge is -2.21. The van der Waals surface area contributed by atoms with Crippen LogP contribution in [0.3, 0.4) is 0 Å². The molecule has 2 aliphatic rings. The predicted molar refractivity (Wildman–Crippen MR) is 132 cm³/mol. The molecule has 0 bridgehead atoms.